The van der Waals surface area contributed by atoms with Crippen LogP contribution in [0.3, 0.4) is 0 Å². The van der Waals surface area contributed by atoms with Crippen LogP contribution in [0.4, 0.5) is 0 Å². The van der Waals surface area contributed by atoms with Gasteiger partial charge < -0.3 is 18.8 Å². The Labute approximate surface area is 204 Å². The van der Waals surface area contributed by atoms with Gasteiger partial charge in [-0.05, 0) is 42.3 Å². The minimum absolute atomic E-state index is 0.000839. The maximum atomic E-state index is 12.9. The Morgan fingerprint density at radius 3 is 2.29 bits per heavy atom. The highest BCUT2D eigenvalue weighted by Gasteiger charge is 2.18. The van der Waals surface area contributed by atoms with Gasteiger partial charge in [-0.15, -0.1) is 0 Å². The van der Waals surface area contributed by atoms with E-state index >= 15 is 0 Å². The summed E-state index contributed by atoms with van der Waals surface area (Å²) in [5.74, 6) is 1.82. The summed E-state index contributed by atoms with van der Waals surface area (Å²) in [4.78, 5) is 26.0. The Bertz CT molecular complexity index is 1310. The molecule has 0 unspecified atom stereocenters. The topological polar surface area (TPSA) is 69.0 Å². The minimum Gasteiger partial charge on any atom is -0.493 e. The zero-order valence-electron chi connectivity index (χ0n) is 20.0. The van der Waals surface area contributed by atoms with E-state index in [1.54, 1.807) is 55.5 Å². The summed E-state index contributed by atoms with van der Waals surface area (Å²) in [6, 6.07) is 26.1. The Kier molecular flexibility index (Phi) is 7.31. The van der Waals surface area contributed by atoms with E-state index in [4.69, 9.17) is 13.9 Å². The lowest BCUT2D eigenvalue weighted by Gasteiger charge is -2.17. The molecule has 0 fully saturated rings. The molecule has 0 aliphatic heterocycles. The lowest BCUT2D eigenvalue weighted by molar-refractivity contribution is 0.0754. The predicted molar refractivity (Wildman–Crippen MR) is 134 cm³/mol. The predicted octanol–water partition coefficient (Wildman–Crippen LogP) is 6.01. The highest BCUT2D eigenvalue weighted by Crippen LogP contribution is 2.30. The van der Waals surface area contributed by atoms with Crippen molar-refractivity contribution in [2.75, 3.05) is 14.2 Å². The molecule has 0 saturated heterocycles. The summed E-state index contributed by atoms with van der Waals surface area (Å²) in [6.45, 7) is 2.33. The van der Waals surface area contributed by atoms with Crippen LogP contribution in [0.5, 0.6) is 11.5 Å². The van der Waals surface area contributed by atoms with Crippen molar-refractivity contribution < 1.29 is 23.5 Å². The van der Waals surface area contributed by atoms with Gasteiger partial charge in [0.1, 0.15) is 12.4 Å². The van der Waals surface area contributed by atoms with Crippen LogP contribution in [-0.4, -0.2) is 30.7 Å². The molecule has 0 aliphatic carbocycles. The number of ketones is 1. The SMILES string of the molecule is COc1cc(CN(C)C(=O)c2ccc(-c3ccc(C(C)=O)cc3)o2)ccc1OCc1ccccc1. The monoisotopic (exact) mass is 469 g/mol. The van der Waals surface area contributed by atoms with Gasteiger partial charge in [-0.25, -0.2) is 0 Å². The summed E-state index contributed by atoms with van der Waals surface area (Å²) >= 11 is 0. The molecule has 178 valence electrons. The van der Waals surface area contributed by atoms with Gasteiger partial charge in [0.15, 0.2) is 23.0 Å². The lowest BCUT2D eigenvalue weighted by Crippen LogP contribution is -2.25. The number of furan rings is 1. The van der Waals surface area contributed by atoms with Gasteiger partial charge in [0.25, 0.3) is 5.91 Å². The first-order valence-electron chi connectivity index (χ1n) is 11.2. The van der Waals surface area contributed by atoms with E-state index in [9.17, 15) is 9.59 Å². The van der Waals surface area contributed by atoms with Gasteiger partial charge in [0, 0.05) is 24.7 Å². The van der Waals surface area contributed by atoms with E-state index in [2.05, 4.69) is 0 Å². The molecular formula is C29H27NO5. The summed E-state index contributed by atoms with van der Waals surface area (Å²) in [5, 5.41) is 0. The zero-order chi connectivity index (χ0) is 24.8. The normalized spacial score (nSPS) is 10.6. The van der Waals surface area contributed by atoms with Crippen molar-refractivity contribution in [3.63, 3.8) is 0 Å². The number of carbonyl (C=O) groups excluding carboxylic acids is 2. The average Bonchev–Trinajstić information content (AvgIpc) is 3.38. The number of benzene rings is 3. The van der Waals surface area contributed by atoms with Crippen molar-refractivity contribution in [2.45, 2.75) is 20.1 Å². The summed E-state index contributed by atoms with van der Waals surface area (Å²) in [7, 11) is 3.31. The van der Waals surface area contributed by atoms with Crippen molar-refractivity contribution in [1.82, 2.24) is 4.90 Å². The largest absolute Gasteiger partial charge is 0.493 e. The van der Waals surface area contributed by atoms with E-state index in [-0.39, 0.29) is 17.5 Å². The van der Waals surface area contributed by atoms with Crippen LogP contribution in [0.1, 0.15) is 39.0 Å². The fourth-order valence-electron chi connectivity index (χ4n) is 3.68. The van der Waals surface area contributed by atoms with Gasteiger partial charge in [-0.1, -0.05) is 60.7 Å². The molecule has 6 nitrogen and oxygen atoms in total. The standard InChI is InChI=1S/C29H27NO5/c1-20(31)23-10-12-24(13-11-23)25-15-16-27(35-25)29(32)30(2)18-22-9-14-26(28(17-22)33-3)34-19-21-7-5-4-6-8-21/h4-17H,18-19H2,1-3H3. The quantitative estimate of drug-likeness (QED) is 0.281. The third-order valence-electron chi connectivity index (χ3n) is 5.62. The first-order valence-corrected chi connectivity index (χ1v) is 11.2. The van der Waals surface area contributed by atoms with Crippen molar-refractivity contribution in [1.29, 1.82) is 0 Å². The van der Waals surface area contributed by atoms with Gasteiger partial charge in [-0.3, -0.25) is 9.59 Å². The number of Topliss-reactive ketones (excluding diaryl/α,β-unsaturated/α-hetero) is 1. The first kappa shape index (κ1) is 23.8. The highest BCUT2D eigenvalue weighted by molar-refractivity contribution is 5.94. The molecule has 0 atom stereocenters. The Morgan fingerprint density at radius 2 is 1.60 bits per heavy atom. The van der Waals surface area contributed by atoms with Crippen LogP contribution in [0.15, 0.2) is 89.3 Å². The van der Waals surface area contributed by atoms with Gasteiger partial charge >= 0.3 is 0 Å². The number of ether oxygens (including phenoxy) is 2. The van der Waals surface area contributed by atoms with Crippen molar-refractivity contribution in [3.05, 3.63) is 107 Å². The molecular weight excluding hydrogens is 442 g/mol. The number of rotatable bonds is 9. The molecule has 4 rings (SSSR count). The van der Waals surface area contributed by atoms with Crippen LogP contribution in [-0.2, 0) is 13.2 Å². The number of carbonyl (C=O) groups is 2. The molecule has 0 saturated carbocycles. The van der Waals surface area contributed by atoms with Crippen LogP contribution in [0.25, 0.3) is 11.3 Å². The molecule has 0 spiro atoms. The van der Waals surface area contributed by atoms with Crippen LogP contribution < -0.4 is 9.47 Å². The molecule has 35 heavy (non-hydrogen) atoms. The minimum atomic E-state index is -0.236. The third-order valence-corrected chi connectivity index (χ3v) is 5.62. The number of hydrogen-bond acceptors (Lipinski definition) is 5. The van der Waals surface area contributed by atoms with Crippen LogP contribution in [0.2, 0.25) is 0 Å². The van der Waals surface area contributed by atoms with E-state index in [0.717, 1.165) is 16.7 Å². The molecule has 0 bridgehead atoms. The van der Waals surface area contributed by atoms with Crippen LogP contribution >= 0.6 is 0 Å². The van der Waals surface area contributed by atoms with E-state index in [1.165, 1.54) is 6.92 Å². The number of amides is 1. The molecule has 4 aromatic rings. The maximum absolute atomic E-state index is 12.9. The second-order valence-electron chi connectivity index (χ2n) is 8.22. The molecule has 3 aromatic carbocycles. The Hall–Kier alpha value is -4.32. The van der Waals surface area contributed by atoms with Gasteiger partial charge in [0.2, 0.25) is 0 Å². The third kappa shape index (κ3) is 5.79. The summed E-state index contributed by atoms with van der Waals surface area (Å²) < 4.78 is 17.2. The molecule has 0 radical (unpaired) electrons. The second kappa shape index (κ2) is 10.7. The fourth-order valence-corrected chi connectivity index (χ4v) is 3.68. The van der Waals surface area contributed by atoms with E-state index in [0.29, 0.717) is 36.0 Å². The lowest BCUT2D eigenvalue weighted by atomic mass is 10.1. The molecule has 1 heterocycles. The Balaban J connectivity index is 1.41. The molecule has 0 aliphatic rings. The number of methoxy groups -OCH3 is 1. The maximum Gasteiger partial charge on any atom is 0.289 e. The van der Waals surface area contributed by atoms with Crippen molar-refractivity contribution in [2.24, 2.45) is 0 Å². The first-order chi connectivity index (χ1) is 16.9. The summed E-state index contributed by atoms with van der Waals surface area (Å²) in [5.41, 5.74) is 3.39. The van der Waals surface area contributed by atoms with Crippen LogP contribution in [0, 0.1) is 0 Å². The Morgan fingerprint density at radius 1 is 0.857 bits per heavy atom. The smallest absolute Gasteiger partial charge is 0.289 e. The molecule has 1 aromatic heterocycles. The average molecular weight is 470 g/mol. The molecule has 1 amide bonds. The van der Waals surface area contributed by atoms with Crippen molar-refractivity contribution in [3.8, 4) is 22.8 Å². The second-order valence-corrected chi connectivity index (χ2v) is 8.22. The summed E-state index contributed by atoms with van der Waals surface area (Å²) in [6.07, 6.45) is 0. The van der Waals surface area contributed by atoms with E-state index < -0.39 is 0 Å². The highest BCUT2D eigenvalue weighted by atomic mass is 16.5. The van der Waals surface area contributed by atoms with E-state index in [1.807, 2.05) is 48.5 Å². The molecule has 6 heteroatoms. The fraction of sp³-hybridized carbons (Fsp3) is 0.172. The van der Waals surface area contributed by atoms with Crippen molar-refractivity contribution >= 4 is 11.7 Å². The number of nitrogens with zero attached hydrogens (tertiary/aromatic N) is 1. The number of hydrogen-bond donors (Lipinski definition) is 0. The van der Waals surface area contributed by atoms with Gasteiger partial charge in [0.05, 0.1) is 7.11 Å². The zero-order valence-corrected chi connectivity index (χ0v) is 20.0. The van der Waals surface area contributed by atoms with Gasteiger partial charge in [-0.2, -0.15) is 0 Å². The molecule has 0 N–H and O–H groups in total.